The fraction of sp³-hybridized carbons (Fsp3) is 0.263. The lowest BCUT2D eigenvalue weighted by Gasteiger charge is -2.13. The predicted molar refractivity (Wildman–Crippen MR) is 90.0 cm³/mol. The highest BCUT2D eigenvalue weighted by molar-refractivity contribution is 5.63. The molecule has 0 heterocycles. The molecule has 4 nitrogen and oxygen atoms in total. The van der Waals surface area contributed by atoms with E-state index in [9.17, 15) is 9.59 Å². The molecular formula is C19H18N2O2. The van der Waals surface area contributed by atoms with Crippen LogP contribution in [0.3, 0.4) is 0 Å². The molecule has 0 saturated heterocycles. The van der Waals surface area contributed by atoms with Crippen molar-refractivity contribution in [3.05, 3.63) is 58.7 Å². The highest BCUT2D eigenvalue weighted by Gasteiger charge is 2.12. The second-order valence-corrected chi connectivity index (χ2v) is 5.18. The fourth-order valence-corrected chi connectivity index (χ4v) is 2.65. The zero-order chi connectivity index (χ0) is 16.7. The lowest BCUT2D eigenvalue weighted by Crippen LogP contribution is -1.96. The van der Waals surface area contributed by atoms with Crippen molar-refractivity contribution in [2.75, 3.05) is 0 Å². The van der Waals surface area contributed by atoms with Crippen LogP contribution >= 0.6 is 0 Å². The van der Waals surface area contributed by atoms with E-state index in [1.807, 2.05) is 25.1 Å². The Morgan fingerprint density at radius 3 is 2.22 bits per heavy atom. The van der Waals surface area contributed by atoms with Crippen molar-refractivity contribution in [3.8, 4) is 0 Å². The molecule has 0 fully saturated rings. The van der Waals surface area contributed by atoms with Crippen LogP contribution in [0.1, 0.15) is 36.1 Å². The van der Waals surface area contributed by atoms with Crippen LogP contribution in [0.25, 0.3) is 0 Å². The molecule has 0 atom stereocenters. The van der Waals surface area contributed by atoms with Crippen molar-refractivity contribution < 1.29 is 9.59 Å². The summed E-state index contributed by atoms with van der Waals surface area (Å²) < 4.78 is 0. The first-order chi connectivity index (χ1) is 11.2. The molecule has 0 aromatic heterocycles. The molecule has 0 aliphatic heterocycles. The monoisotopic (exact) mass is 306 g/mol. The number of isocyanates is 2. The van der Waals surface area contributed by atoms with Crippen molar-refractivity contribution in [1.82, 2.24) is 0 Å². The van der Waals surface area contributed by atoms with Crippen LogP contribution in [-0.2, 0) is 28.9 Å². The minimum Gasteiger partial charge on any atom is -0.211 e. The second kappa shape index (κ2) is 8.00. The van der Waals surface area contributed by atoms with Crippen LogP contribution in [0.15, 0.2) is 46.4 Å². The summed E-state index contributed by atoms with van der Waals surface area (Å²) in [5.41, 5.74) is 5.32. The highest BCUT2D eigenvalue weighted by Crippen LogP contribution is 2.31. The second-order valence-electron chi connectivity index (χ2n) is 5.18. The Morgan fingerprint density at radius 1 is 0.870 bits per heavy atom. The van der Waals surface area contributed by atoms with E-state index in [0.29, 0.717) is 17.8 Å². The summed E-state index contributed by atoms with van der Waals surface area (Å²) in [4.78, 5) is 29.1. The topological polar surface area (TPSA) is 58.9 Å². The van der Waals surface area contributed by atoms with Gasteiger partial charge in [-0.25, -0.2) is 9.59 Å². The smallest absolute Gasteiger partial charge is 0.211 e. The normalized spacial score (nSPS) is 9.83. The number of carbonyl (C=O) groups excluding carboxylic acids is 2. The highest BCUT2D eigenvalue weighted by atomic mass is 16.1. The Labute approximate surface area is 135 Å². The van der Waals surface area contributed by atoms with Crippen LogP contribution in [0.4, 0.5) is 11.4 Å². The molecule has 0 N–H and O–H groups in total. The Bertz CT molecular complexity index is 799. The predicted octanol–water partition coefficient (Wildman–Crippen LogP) is 4.34. The molecule has 0 bridgehead atoms. The molecule has 2 aromatic rings. The molecule has 2 rings (SSSR count). The summed E-state index contributed by atoms with van der Waals surface area (Å²) in [5, 5.41) is 0. The van der Waals surface area contributed by atoms with Gasteiger partial charge in [-0.3, -0.25) is 0 Å². The fourth-order valence-electron chi connectivity index (χ4n) is 2.65. The first-order valence-electron chi connectivity index (χ1n) is 7.61. The maximum Gasteiger partial charge on any atom is 0.240 e. The van der Waals surface area contributed by atoms with Crippen molar-refractivity contribution in [2.45, 2.75) is 33.1 Å². The van der Waals surface area contributed by atoms with Crippen molar-refractivity contribution in [2.24, 2.45) is 9.98 Å². The average molecular weight is 306 g/mol. The summed E-state index contributed by atoms with van der Waals surface area (Å²) in [6.07, 6.45) is 5.47. The van der Waals surface area contributed by atoms with Gasteiger partial charge in [-0.05, 0) is 41.2 Å². The summed E-state index contributed by atoms with van der Waals surface area (Å²) >= 11 is 0. The first-order valence-corrected chi connectivity index (χ1v) is 7.61. The lowest BCUT2D eigenvalue weighted by molar-refractivity contribution is 0.564. The number of para-hydroxylation sites is 1. The lowest BCUT2D eigenvalue weighted by atomic mass is 9.95. The zero-order valence-corrected chi connectivity index (χ0v) is 13.3. The zero-order valence-electron chi connectivity index (χ0n) is 13.3. The van der Waals surface area contributed by atoms with E-state index in [1.54, 1.807) is 18.2 Å². The third-order valence-corrected chi connectivity index (χ3v) is 3.81. The number of benzene rings is 2. The van der Waals surface area contributed by atoms with Gasteiger partial charge in [-0.2, -0.15) is 9.98 Å². The van der Waals surface area contributed by atoms with Gasteiger partial charge in [0.05, 0.1) is 11.4 Å². The van der Waals surface area contributed by atoms with E-state index in [-0.39, 0.29) is 0 Å². The minimum atomic E-state index is 0.544. The molecule has 23 heavy (non-hydrogen) atoms. The van der Waals surface area contributed by atoms with Crippen LogP contribution in [0.2, 0.25) is 0 Å². The van der Waals surface area contributed by atoms with E-state index < -0.39 is 0 Å². The number of aliphatic imine (C=N–C) groups is 2. The van der Waals surface area contributed by atoms with E-state index in [0.717, 1.165) is 29.5 Å². The SMILES string of the molecule is CCc1cc(CC)c(N=C=O)c(Cc2ccccc2N=C=O)c1. The maximum absolute atomic E-state index is 10.8. The van der Waals surface area contributed by atoms with Gasteiger partial charge in [0.2, 0.25) is 12.2 Å². The number of aryl methyl sites for hydroxylation is 2. The Hall–Kier alpha value is -2.80. The van der Waals surface area contributed by atoms with Crippen molar-refractivity contribution in [3.63, 3.8) is 0 Å². The third kappa shape index (κ3) is 3.89. The molecule has 116 valence electrons. The Kier molecular flexibility index (Phi) is 5.76. The van der Waals surface area contributed by atoms with Gasteiger partial charge >= 0.3 is 0 Å². The van der Waals surface area contributed by atoms with E-state index in [4.69, 9.17) is 0 Å². The van der Waals surface area contributed by atoms with Crippen molar-refractivity contribution in [1.29, 1.82) is 0 Å². The molecule has 0 unspecified atom stereocenters. The Balaban J connectivity index is 2.58. The van der Waals surface area contributed by atoms with Crippen LogP contribution in [-0.4, -0.2) is 12.2 Å². The van der Waals surface area contributed by atoms with Crippen LogP contribution in [0, 0.1) is 0 Å². The minimum absolute atomic E-state index is 0.544. The maximum atomic E-state index is 10.8. The van der Waals surface area contributed by atoms with Gasteiger partial charge < -0.3 is 0 Å². The molecule has 0 radical (unpaired) electrons. The van der Waals surface area contributed by atoms with Gasteiger partial charge in [-0.15, -0.1) is 0 Å². The number of hydrogen-bond donors (Lipinski definition) is 0. The first kappa shape index (κ1) is 16.6. The molecular weight excluding hydrogens is 288 g/mol. The molecule has 0 amide bonds. The number of rotatable bonds is 6. The standard InChI is InChI=1S/C19H18N2O2/c1-3-14-9-15(4-2)19(21-13-23)17(10-14)11-16-7-5-6-8-18(16)20-12-22/h5-10H,3-4,11H2,1-2H3. The third-order valence-electron chi connectivity index (χ3n) is 3.81. The van der Waals surface area contributed by atoms with Crippen LogP contribution < -0.4 is 0 Å². The molecule has 0 aliphatic rings. The molecule has 2 aromatic carbocycles. The Morgan fingerprint density at radius 2 is 1.57 bits per heavy atom. The summed E-state index contributed by atoms with van der Waals surface area (Å²) in [6.45, 7) is 4.12. The average Bonchev–Trinajstić information content (AvgIpc) is 2.58. The quantitative estimate of drug-likeness (QED) is 0.589. The van der Waals surface area contributed by atoms with Gasteiger partial charge in [0.1, 0.15) is 0 Å². The van der Waals surface area contributed by atoms with Crippen LogP contribution in [0.5, 0.6) is 0 Å². The number of hydrogen-bond acceptors (Lipinski definition) is 4. The van der Waals surface area contributed by atoms with E-state index >= 15 is 0 Å². The van der Waals surface area contributed by atoms with Gasteiger partial charge in [0.15, 0.2) is 0 Å². The molecule has 0 spiro atoms. The van der Waals surface area contributed by atoms with Crippen molar-refractivity contribution >= 4 is 23.5 Å². The molecule has 0 saturated carbocycles. The van der Waals surface area contributed by atoms with Gasteiger partial charge in [0, 0.05) is 6.42 Å². The van der Waals surface area contributed by atoms with Gasteiger partial charge in [0.25, 0.3) is 0 Å². The molecule has 4 heteroatoms. The van der Waals surface area contributed by atoms with E-state index in [2.05, 4.69) is 29.0 Å². The summed E-state index contributed by atoms with van der Waals surface area (Å²) in [5.74, 6) is 0. The van der Waals surface area contributed by atoms with Gasteiger partial charge in [-0.1, -0.05) is 44.2 Å². The summed E-state index contributed by atoms with van der Waals surface area (Å²) in [6, 6.07) is 11.5. The number of nitrogens with zero attached hydrogens (tertiary/aromatic N) is 2. The largest absolute Gasteiger partial charge is 0.240 e. The van der Waals surface area contributed by atoms with E-state index in [1.165, 1.54) is 5.56 Å². The summed E-state index contributed by atoms with van der Waals surface area (Å²) in [7, 11) is 0. The molecule has 0 aliphatic carbocycles.